The number of nitrogens with zero attached hydrogens (tertiary/aromatic N) is 3. The summed E-state index contributed by atoms with van der Waals surface area (Å²) in [5, 5.41) is 17.7. The Balaban J connectivity index is 2.42. The fourth-order valence-electron chi connectivity index (χ4n) is 1.59. The maximum atomic E-state index is 11.1. The van der Waals surface area contributed by atoms with E-state index in [1.165, 1.54) is 24.4 Å². The fraction of sp³-hybridized carbons (Fsp3) is 0.0909. The lowest BCUT2D eigenvalue weighted by atomic mass is 10.1. The van der Waals surface area contributed by atoms with Gasteiger partial charge in [-0.2, -0.15) is 5.10 Å². The Morgan fingerprint density at radius 1 is 1.53 bits per heavy atom. The minimum atomic E-state index is -0.649. The number of nitro groups is 1. The minimum Gasteiger partial charge on any atom is -0.366 e. The first-order valence-corrected chi connectivity index (χ1v) is 5.31. The SMILES string of the molecule is Cn1cc(Nc2cc(C(N)=O)ccc2[N+](=O)[O-])cn1. The van der Waals surface area contributed by atoms with Gasteiger partial charge in [-0.1, -0.05) is 0 Å². The molecule has 1 aromatic carbocycles. The second-order valence-corrected chi connectivity index (χ2v) is 3.88. The summed E-state index contributed by atoms with van der Waals surface area (Å²) in [5.41, 5.74) is 5.97. The largest absolute Gasteiger partial charge is 0.366 e. The average molecular weight is 261 g/mol. The maximum Gasteiger partial charge on any atom is 0.292 e. The number of rotatable bonds is 4. The minimum absolute atomic E-state index is 0.145. The first kappa shape index (κ1) is 12.6. The molecule has 1 aromatic heterocycles. The van der Waals surface area contributed by atoms with Crippen LogP contribution in [0.5, 0.6) is 0 Å². The Labute approximate surface area is 108 Å². The number of hydrogen-bond acceptors (Lipinski definition) is 5. The monoisotopic (exact) mass is 261 g/mol. The molecule has 0 saturated heterocycles. The second kappa shape index (κ2) is 4.77. The van der Waals surface area contributed by atoms with Crippen molar-refractivity contribution in [1.82, 2.24) is 9.78 Å². The molecule has 2 aromatic rings. The first-order valence-electron chi connectivity index (χ1n) is 5.31. The van der Waals surface area contributed by atoms with Gasteiger partial charge in [-0.15, -0.1) is 0 Å². The van der Waals surface area contributed by atoms with Crippen molar-refractivity contribution >= 4 is 23.0 Å². The fourth-order valence-corrected chi connectivity index (χ4v) is 1.59. The number of nitrogens with one attached hydrogen (secondary N) is 1. The van der Waals surface area contributed by atoms with Crippen LogP contribution in [0, 0.1) is 10.1 Å². The van der Waals surface area contributed by atoms with Crippen molar-refractivity contribution in [3.63, 3.8) is 0 Å². The van der Waals surface area contributed by atoms with Gasteiger partial charge in [0.2, 0.25) is 5.91 Å². The number of nitrogens with two attached hydrogens (primary N) is 1. The number of benzene rings is 1. The van der Waals surface area contributed by atoms with Gasteiger partial charge in [0.1, 0.15) is 5.69 Å². The molecule has 0 aliphatic heterocycles. The lowest BCUT2D eigenvalue weighted by molar-refractivity contribution is -0.383. The Bertz CT molecular complexity index is 650. The molecule has 1 amide bonds. The molecule has 0 aliphatic carbocycles. The summed E-state index contributed by atoms with van der Waals surface area (Å²) < 4.78 is 1.55. The molecule has 0 bridgehead atoms. The van der Waals surface area contributed by atoms with E-state index in [0.717, 1.165) is 0 Å². The van der Waals surface area contributed by atoms with Crippen molar-refractivity contribution in [2.24, 2.45) is 12.8 Å². The molecule has 0 spiro atoms. The summed E-state index contributed by atoms with van der Waals surface area (Å²) >= 11 is 0. The van der Waals surface area contributed by atoms with Crippen molar-refractivity contribution < 1.29 is 9.72 Å². The number of aryl methyl sites for hydroxylation is 1. The van der Waals surface area contributed by atoms with E-state index in [2.05, 4.69) is 10.4 Å². The van der Waals surface area contributed by atoms with E-state index in [1.54, 1.807) is 17.9 Å². The number of carbonyl (C=O) groups is 1. The van der Waals surface area contributed by atoms with Crippen molar-refractivity contribution in [2.75, 3.05) is 5.32 Å². The van der Waals surface area contributed by atoms with Gasteiger partial charge in [0.15, 0.2) is 0 Å². The lowest BCUT2D eigenvalue weighted by Gasteiger charge is -2.06. The number of carbonyl (C=O) groups excluding carboxylic acids is 1. The Hall–Kier alpha value is -2.90. The van der Waals surface area contributed by atoms with E-state index in [9.17, 15) is 14.9 Å². The molecule has 8 nitrogen and oxygen atoms in total. The lowest BCUT2D eigenvalue weighted by Crippen LogP contribution is -2.11. The summed E-state index contributed by atoms with van der Waals surface area (Å²) in [6.07, 6.45) is 3.17. The number of hydrogen-bond donors (Lipinski definition) is 2. The van der Waals surface area contributed by atoms with E-state index in [4.69, 9.17) is 5.73 Å². The highest BCUT2D eigenvalue weighted by Gasteiger charge is 2.16. The molecule has 8 heteroatoms. The van der Waals surface area contributed by atoms with Crippen molar-refractivity contribution in [2.45, 2.75) is 0 Å². The van der Waals surface area contributed by atoms with Gasteiger partial charge in [0.25, 0.3) is 5.69 Å². The average Bonchev–Trinajstić information content (AvgIpc) is 2.74. The van der Waals surface area contributed by atoms with Crippen LogP contribution in [0.4, 0.5) is 17.1 Å². The molecule has 98 valence electrons. The van der Waals surface area contributed by atoms with Crippen LogP contribution in [0.1, 0.15) is 10.4 Å². The predicted octanol–water partition coefficient (Wildman–Crippen LogP) is 1.17. The normalized spacial score (nSPS) is 10.2. The van der Waals surface area contributed by atoms with Gasteiger partial charge in [-0.3, -0.25) is 19.6 Å². The van der Waals surface area contributed by atoms with Crippen LogP contribution in [0.3, 0.4) is 0 Å². The quantitative estimate of drug-likeness (QED) is 0.633. The van der Waals surface area contributed by atoms with Gasteiger partial charge in [-0.25, -0.2) is 0 Å². The highest BCUT2D eigenvalue weighted by Crippen LogP contribution is 2.28. The van der Waals surface area contributed by atoms with Crippen LogP contribution in [0.2, 0.25) is 0 Å². The zero-order chi connectivity index (χ0) is 14.0. The Morgan fingerprint density at radius 2 is 2.26 bits per heavy atom. The highest BCUT2D eigenvalue weighted by atomic mass is 16.6. The summed E-state index contributed by atoms with van der Waals surface area (Å²) in [4.78, 5) is 21.5. The van der Waals surface area contributed by atoms with Crippen LogP contribution in [-0.2, 0) is 7.05 Å². The third-order valence-corrected chi connectivity index (χ3v) is 2.46. The van der Waals surface area contributed by atoms with Crippen LogP contribution in [0.25, 0.3) is 0 Å². The van der Waals surface area contributed by atoms with E-state index >= 15 is 0 Å². The van der Waals surface area contributed by atoms with E-state index in [-0.39, 0.29) is 16.9 Å². The molecular weight excluding hydrogens is 250 g/mol. The molecule has 0 atom stereocenters. The van der Waals surface area contributed by atoms with Crippen LogP contribution in [-0.4, -0.2) is 20.6 Å². The number of aromatic nitrogens is 2. The van der Waals surface area contributed by atoms with E-state index in [1.807, 2.05) is 0 Å². The van der Waals surface area contributed by atoms with Crippen molar-refractivity contribution in [3.05, 3.63) is 46.3 Å². The Kier molecular flexibility index (Phi) is 3.15. The third-order valence-electron chi connectivity index (χ3n) is 2.46. The van der Waals surface area contributed by atoms with Gasteiger partial charge in [0, 0.05) is 24.9 Å². The summed E-state index contributed by atoms with van der Waals surface area (Å²) in [6.45, 7) is 0. The summed E-state index contributed by atoms with van der Waals surface area (Å²) in [7, 11) is 1.72. The van der Waals surface area contributed by atoms with E-state index in [0.29, 0.717) is 5.69 Å². The topological polar surface area (TPSA) is 116 Å². The standard InChI is InChI=1S/C11H11N5O3/c1-15-6-8(5-13-15)14-9-4-7(11(12)17)2-3-10(9)16(18)19/h2-6,14H,1H3,(H2,12,17). The number of anilines is 2. The van der Waals surface area contributed by atoms with Crippen LogP contribution < -0.4 is 11.1 Å². The zero-order valence-corrected chi connectivity index (χ0v) is 10.0. The third kappa shape index (κ3) is 2.68. The van der Waals surface area contributed by atoms with Gasteiger partial charge in [0.05, 0.1) is 16.8 Å². The highest BCUT2D eigenvalue weighted by molar-refractivity contribution is 5.94. The van der Waals surface area contributed by atoms with Gasteiger partial charge >= 0.3 is 0 Å². The van der Waals surface area contributed by atoms with Gasteiger partial charge in [-0.05, 0) is 12.1 Å². The van der Waals surface area contributed by atoms with E-state index < -0.39 is 10.8 Å². The first-order chi connectivity index (χ1) is 8.97. The van der Waals surface area contributed by atoms with Crippen molar-refractivity contribution in [1.29, 1.82) is 0 Å². The molecule has 0 aliphatic rings. The van der Waals surface area contributed by atoms with Crippen LogP contribution in [0.15, 0.2) is 30.6 Å². The second-order valence-electron chi connectivity index (χ2n) is 3.88. The van der Waals surface area contributed by atoms with Crippen LogP contribution >= 0.6 is 0 Å². The van der Waals surface area contributed by atoms with Crippen molar-refractivity contribution in [3.8, 4) is 0 Å². The number of primary amides is 1. The maximum absolute atomic E-state index is 11.1. The Morgan fingerprint density at radius 3 is 2.79 bits per heavy atom. The molecule has 0 unspecified atom stereocenters. The molecule has 3 N–H and O–H groups in total. The molecule has 1 heterocycles. The molecule has 0 radical (unpaired) electrons. The summed E-state index contributed by atoms with van der Waals surface area (Å²) in [5.74, 6) is -0.649. The molecule has 0 fully saturated rings. The number of nitro benzene ring substituents is 1. The molecule has 2 rings (SSSR count). The number of amides is 1. The predicted molar refractivity (Wildman–Crippen MR) is 68.1 cm³/mol. The molecular formula is C11H11N5O3. The smallest absolute Gasteiger partial charge is 0.292 e. The van der Waals surface area contributed by atoms with Gasteiger partial charge < -0.3 is 11.1 Å². The molecule has 19 heavy (non-hydrogen) atoms. The molecule has 0 saturated carbocycles. The summed E-state index contributed by atoms with van der Waals surface area (Å²) in [6, 6.07) is 3.89. The zero-order valence-electron chi connectivity index (χ0n) is 10.0.